The van der Waals surface area contributed by atoms with Crippen molar-refractivity contribution in [2.75, 3.05) is 0 Å². The fourth-order valence-electron chi connectivity index (χ4n) is 0.378. The molecule has 0 bridgehead atoms. The SMILES string of the molecule is O=S1(=O)C=CC=C1Br. The summed E-state index contributed by atoms with van der Waals surface area (Å²) in [5, 5.41) is 1.15. The molecule has 44 valence electrons. The molecule has 0 atom stereocenters. The number of hydrogen-bond donors (Lipinski definition) is 0. The number of halogens is 1. The highest BCUT2D eigenvalue weighted by Crippen LogP contribution is 2.20. The van der Waals surface area contributed by atoms with Gasteiger partial charge < -0.3 is 0 Å². The smallest absolute Gasteiger partial charge is 0.206 e. The van der Waals surface area contributed by atoms with Crippen molar-refractivity contribution in [1.82, 2.24) is 0 Å². The van der Waals surface area contributed by atoms with Crippen molar-refractivity contribution < 1.29 is 8.42 Å². The standard InChI is InChI=1S/C4H3BrO2S/c5-4-2-1-3-8(4,6)7/h1-3H. The van der Waals surface area contributed by atoms with E-state index in [9.17, 15) is 8.42 Å². The Kier molecular flexibility index (Phi) is 1.28. The van der Waals surface area contributed by atoms with Crippen LogP contribution in [0.4, 0.5) is 0 Å². The van der Waals surface area contributed by atoms with E-state index in [0.717, 1.165) is 5.41 Å². The van der Waals surface area contributed by atoms with E-state index in [1.54, 1.807) is 0 Å². The van der Waals surface area contributed by atoms with E-state index in [2.05, 4.69) is 15.9 Å². The van der Waals surface area contributed by atoms with E-state index in [1.165, 1.54) is 12.2 Å². The van der Waals surface area contributed by atoms with Crippen molar-refractivity contribution >= 4 is 25.8 Å². The molecular weight excluding hydrogens is 192 g/mol. The van der Waals surface area contributed by atoms with Crippen LogP contribution >= 0.6 is 15.9 Å². The third-order valence-electron chi connectivity index (χ3n) is 0.757. The maximum absolute atomic E-state index is 10.6. The number of sulfone groups is 1. The van der Waals surface area contributed by atoms with E-state index >= 15 is 0 Å². The van der Waals surface area contributed by atoms with Crippen LogP contribution in [0.1, 0.15) is 0 Å². The second-order valence-electron chi connectivity index (χ2n) is 1.34. The predicted molar refractivity (Wildman–Crippen MR) is 35.1 cm³/mol. The summed E-state index contributed by atoms with van der Waals surface area (Å²) in [4.78, 5) is 0. The van der Waals surface area contributed by atoms with Gasteiger partial charge in [0.1, 0.15) is 3.81 Å². The van der Waals surface area contributed by atoms with Crippen molar-refractivity contribution in [3.05, 3.63) is 21.4 Å². The maximum Gasteiger partial charge on any atom is 0.206 e. The Bertz CT molecular complexity index is 247. The van der Waals surface area contributed by atoms with Gasteiger partial charge in [0.2, 0.25) is 9.84 Å². The van der Waals surface area contributed by atoms with Crippen LogP contribution in [0.5, 0.6) is 0 Å². The molecule has 0 aromatic carbocycles. The summed E-state index contributed by atoms with van der Waals surface area (Å²) in [6, 6.07) is 0. The molecule has 0 unspecified atom stereocenters. The summed E-state index contributed by atoms with van der Waals surface area (Å²) >= 11 is 2.87. The highest BCUT2D eigenvalue weighted by Gasteiger charge is 2.13. The average molecular weight is 195 g/mol. The molecular formula is C4H3BrO2S. The monoisotopic (exact) mass is 194 g/mol. The Morgan fingerprint density at radius 1 is 1.50 bits per heavy atom. The zero-order chi connectivity index (χ0) is 6.20. The molecule has 2 nitrogen and oxygen atoms in total. The topological polar surface area (TPSA) is 34.1 Å². The van der Waals surface area contributed by atoms with Gasteiger partial charge in [-0.1, -0.05) is 0 Å². The van der Waals surface area contributed by atoms with Crippen LogP contribution in [-0.4, -0.2) is 8.42 Å². The molecule has 1 rings (SSSR count). The van der Waals surface area contributed by atoms with E-state index in [0.29, 0.717) is 0 Å². The molecule has 1 heterocycles. The second kappa shape index (κ2) is 1.70. The molecule has 0 aromatic heterocycles. The van der Waals surface area contributed by atoms with Gasteiger partial charge in [-0.25, -0.2) is 8.42 Å². The Labute approximate surface area is 55.9 Å². The number of rotatable bonds is 0. The van der Waals surface area contributed by atoms with Gasteiger partial charge in [0.25, 0.3) is 0 Å². The van der Waals surface area contributed by atoms with E-state index in [4.69, 9.17) is 0 Å². The molecule has 0 radical (unpaired) electrons. The van der Waals surface area contributed by atoms with Crippen molar-refractivity contribution in [3.8, 4) is 0 Å². The van der Waals surface area contributed by atoms with E-state index < -0.39 is 9.84 Å². The first-order valence-electron chi connectivity index (χ1n) is 1.92. The average Bonchev–Trinajstić information content (AvgIpc) is 1.86. The molecule has 0 amide bonds. The summed E-state index contributed by atoms with van der Waals surface area (Å²) < 4.78 is 21.4. The summed E-state index contributed by atoms with van der Waals surface area (Å²) in [5.41, 5.74) is 0. The Balaban J connectivity index is 3.26. The van der Waals surface area contributed by atoms with Gasteiger partial charge >= 0.3 is 0 Å². The molecule has 0 fully saturated rings. The molecule has 0 spiro atoms. The Morgan fingerprint density at radius 2 is 2.12 bits per heavy atom. The van der Waals surface area contributed by atoms with Gasteiger partial charge in [-0.3, -0.25) is 0 Å². The molecule has 1 aliphatic rings. The van der Waals surface area contributed by atoms with E-state index in [1.807, 2.05) is 0 Å². The lowest BCUT2D eigenvalue weighted by atomic mass is 10.6. The summed E-state index contributed by atoms with van der Waals surface area (Å²) in [5.74, 6) is 0. The van der Waals surface area contributed by atoms with Crippen molar-refractivity contribution in [3.63, 3.8) is 0 Å². The first kappa shape index (κ1) is 6.04. The normalized spacial score (nSPS) is 23.4. The molecule has 1 aliphatic heterocycles. The van der Waals surface area contributed by atoms with Crippen molar-refractivity contribution in [1.29, 1.82) is 0 Å². The van der Waals surface area contributed by atoms with Crippen LogP contribution in [0.3, 0.4) is 0 Å². The van der Waals surface area contributed by atoms with Gasteiger partial charge in [0.15, 0.2) is 0 Å². The summed E-state index contributed by atoms with van der Waals surface area (Å²) in [7, 11) is -3.03. The minimum absolute atomic E-state index is 0.241. The first-order valence-corrected chi connectivity index (χ1v) is 4.26. The molecule has 0 aliphatic carbocycles. The zero-order valence-corrected chi connectivity index (χ0v) is 6.24. The minimum Gasteiger partial charge on any atom is -0.219 e. The quantitative estimate of drug-likeness (QED) is 0.581. The molecule has 0 aromatic rings. The maximum atomic E-state index is 10.6. The number of allylic oxidation sites excluding steroid dienone is 2. The summed E-state index contributed by atoms with van der Waals surface area (Å²) in [6.07, 6.45) is 2.98. The minimum atomic E-state index is -3.03. The molecule has 0 N–H and O–H groups in total. The van der Waals surface area contributed by atoms with Crippen LogP contribution in [0.25, 0.3) is 0 Å². The van der Waals surface area contributed by atoms with Crippen molar-refractivity contribution in [2.45, 2.75) is 0 Å². The van der Waals surface area contributed by atoms with Crippen LogP contribution in [0, 0.1) is 0 Å². The number of hydrogen-bond acceptors (Lipinski definition) is 2. The van der Waals surface area contributed by atoms with Gasteiger partial charge in [0, 0.05) is 5.41 Å². The Morgan fingerprint density at radius 3 is 2.25 bits per heavy atom. The lowest BCUT2D eigenvalue weighted by Crippen LogP contribution is -1.87. The van der Waals surface area contributed by atoms with Gasteiger partial charge in [0.05, 0.1) is 0 Å². The Hall–Kier alpha value is -0.0900. The lowest BCUT2D eigenvalue weighted by Gasteiger charge is -1.84. The van der Waals surface area contributed by atoms with Crippen LogP contribution < -0.4 is 0 Å². The molecule has 0 saturated carbocycles. The van der Waals surface area contributed by atoms with Gasteiger partial charge in [-0.2, -0.15) is 0 Å². The fourth-order valence-corrected chi connectivity index (χ4v) is 1.54. The molecule has 0 saturated heterocycles. The van der Waals surface area contributed by atoms with Gasteiger partial charge in [-0.15, -0.1) is 0 Å². The largest absolute Gasteiger partial charge is 0.219 e. The second-order valence-corrected chi connectivity index (χ2v) is 4.53. The third kappa shape index (κ3) is 0.855. The van der Waals surface area contributed by atoms with Crippen LogP contribution in [-0.2, 0) is 9.84 Å². The van der Waals surface area contributed by atoms with Crippen molar-refractivity contribution in [2.24, 2.45) is 0 Å². The highest BCUT2D eigenvalue weighted by molar-refractivity contribution is 9.13. The molecule has 8 heavy (non-hydrogen) atoms. The fraction of sp³-hybridized carbons (Fsp3) is 0. The van der Waals surface area contributed by atoms with E-state index in [-0.39, 0.29) is 3.81 Å². The van der Waals surface area contributed by atoms with Crippen LogP contribution in [0.2, 0.25) is 0 Å². The van der Waals surface area contributed by atoms with Gasteiger partial charge in [-0.05, 0) is 28.1 Å². The zero-order valence-electron chi connectivity index (χ0n) is 3.83. The predicted octanol–water partition coefficient (Wildman–Crippen LogP) is 1.16. The molecule has 4 heteroatoms. The first-order chi connectivity index (χ1) is 3.63. The summed E-state index contributed by atoms with van der Waals surface area (Å²) in [6.45, 7) is 0. The third-order valence-corrected chi connectivity index (χ3v) is 3.57. The highest BCUT2D eigenvalue weighted by atomic mass is 79.9. The lowest BCUT2D eigenvalue weighted by molar-refractivity contribution is 0.612. The van der Waals surface area contributed by atoms with Crippen LogP contribution in [0.15, 0.2) is 21.4 Å².